The van der Waals surface area contributed by atoms with Crippen LogP contribution < -0.4 is 5.32 Å². The van der Waals surface area contributed by atoms with E-state index in [2.05, 4.69) is 5.32 Å². The monoisotopic (exact) mass is 339 g/mol. The number of nitrogens with one attached hydrogen (secondary N) is 1. The van der Waals surface area contributed by atoms with E-state index >= 15 is 0 Å². The molecule has 0 aliphatic carbocycles. The highest BCUT2D eigenvalue weighted by molar-refractivity contribution is 6.33. The highest BCUT2D eigenvalue weighted by Crippen LogP contribution is 2.22. The number of amides is 2. The summed E-state index contributed by atoms with van der Waals surface area (Å²) in [6.07, 6.45) is 0.00895. The third-order valence-electron chi connectivity index (χ3n) is 3.63. The molecule has 6 nitrogen and oxygen atoms in total. The number of benzene rings is 1. The second-order valence-corrected chi connectivity index (χ2v) is 6.35. The van der Waals surface area contributed by atoms with E-state index in [-0.39, 0.29) is 31.1 Å². The number of rotatable bonds is 6. The van der Waals surface area contributed by atoms with Crippen molar-refractivity contribution < 1.29 is 14.3 Å². The van der Waals surface area contributed by atoms with Crippen molar-refractivity contribution in [3.05, 3.63) is 28.8 Å². The Balaban J connectivity index is 1.69. The van der Waals surface area contributed by atoms with E-state index in [4.69, 9.17) is 16.3 Å². The Morgan fingerprint density at radius 2 is 2.09 bits per heavy atom. The van der Waals surface area contributed by atoms with Crippen molar-refractivity contribution >= 4 is 29.1 Å². The van der Waals surface area contributed by atoms with Crippen LogP contribution in [0.5, 0.6) is 0 Å². The zero-order valence-corrected chi connectivity index (χ0v) is 14.4. The first kappa shape index (κ1) is 17.7. The van der Waals surface area contributed by atoms with Crippen LogP contribution in [0.2, 0.25) is 5.02 Å². The molecule has 1 aliphatic rings. The third-order valence-corrected chi connectivity index (χ3v) is 3.94. The number of nitrogens with zero attached hydrogens (tertiary/aromatic N) is 2. The quantitative estimate of drug-likeness (QED) is 0.850. The van der Waals surface area contributed by atoms with Crippen LogP contribution in [-0.4, -0.2) is 68.1 Å². The Morgan fingerprint density at radius 3 is 2.70 bits per heavy atom. The number of ether oxygens (including phenoxy) is 1. The molecule has 2 amide bonds. The molecule has 0 unspecified atom stereocenters. The van der Waals surface area contributed by atoms with Gasteiger partial charge in [0.05, 0.1) is 23.4 Å². The van der Waals surface area contributed by atoms with Crippen LogP contribution in [0.25, 0.3) is 0 Å². The van der Waals surface area contributed by atoms with Crippen LogP contribution in [-0.2, 0) is 14.3 Å². The Bertz CT molecular complexity index is 586. The zero-order valence-electron chi connectivity index (χ0n) is 13.6. The fourth-order valence-electron chi connectivity index (χ4n) is 2.19. The predicted molar refractivity (Wildman–Crippen MR) is 89.7 cm³/mol. The Labute approximate surface area is 141 Å². The van der Waals surface area contributed by atoms with Crippen molar-refractivity contribution in [2.75, 3.05) is 45.7 Å². The molecule has 1 aliphatic heterocycles. The molecule has 0 aromatic heterocycles. The first-order chi connectivity index (χ1) is 10.8. The maximum atomic E-state index is 12.0. The number of carbonyl (C=O) groups is 2. The normalized spacial score (nSPS) is 15.1. The summed E-state index contributed by atoms with van der Waals surface area (Å²) in [5.41, 5.74) is 1.66. The summed E-state index contributed by atoms with van der Waals surface area (Å²) < 4.78 is 5.48. The van der Waals surface area contributed by atoms with E-state index in [9.17, 15) is 9.59 Å². The molecule has 1 saturated heterocycles. The van der Waals surface area contributed by atoms with Gasteiger partial charge >= 0.3 is 0 Å². The lowest BCUT2D eigenvalue weighted by molar-refractivity contribution is -0.141. The second-order valence-electron chi connectivity index (χ2n) is 5.95. The molecule has 0 radical (unpaired) electrons. The fraction of sp³-hybridized carbons (Fsp3) is 0.500. The molecule has 1 fully saturated rings. The van der Waals surface area contributed by atoms with Crippen molar-refractivity contribution in [1.29, 1.82) is 0 Å². The van der Waals surface area contributed by atoms with E-state index in [0.29, 0.717) is 23.8 Å². The molecule has 23 heavy (non-hydrogen) atoms. The second kappa shape index (κ2) is 7.77. The highest BCUT2D eigenvalue weighted by atomic mass is 35.5. The SMILES string of the molecule is Cc1ccc(NC(=O)CN2CC(OCC(=O)N(C)C)C2)c(Cl)c1. The average molecular weight is 340 g/mol. The zero-order chi connectivity index (χ0) is 17.0. The lowest BCUT2D eigenvalue weighted by Gasteiger charge is -2.38. The van der Waals surface area contributed by atoms with Gasteiger partial charge in [-0.05, 0) is 24.6 Å². The number of carbonyl (C=O) groups excluding carboxylic acids is 2. The number of anilines is 1. The van der Waals surface area contributed by atoms with Crippen LogP contribution in [0.1, 0.15) is 5.56 Å². The first-order valence-electron chi connectivity index (χ1n) is 7.45. The van der Waals surface area contributed by atoms with Gasteiger partial charge in [0.1, 0.15) is 6.61 Å². The Kier molecular flexibility index (Phi) is 5.98. The molecule has 0 bridgehead atoms. The van der Waals surface area contributed by atoms with Gasteiger partial charge in [0.2, 0.25) is 11.8 Å². The van der Waals surface area contributed by atoms with Gasteiger partial charge in [-0.3, -0.25) is 14.5 Å². The number of halogens is 1. The molecule has 0 atom stereocenters. The maximum absolute atomic E-state index is 12.0. The third kappa shape index (κ3) is 5.20. The lowest BCUT2D eigenvalue weighted by Crippen LogP contribution is -2.55. The Hall–Kier alpha value is -1.63. The summed E-state index contributed by atoms with van der Waals surface area (Å²) in [5, 5.41) is 3.34. The topological polar surface area (TPSA) is 61.9 Å². The number of hydrogen-bond donors (Lipinski definition) is 1. The predicted octanol–water partition coefficient (Wildman–Crippen LogP) is 1.38. The van der Waals surface area contributed by atoms with Crippen LogP contribution in [0.4, 0.5) is 5.69 Å². The summed E-state index contributed by atoms with van der Waals surface area (Å²) in [6, 6.07) is 5.51. The van der Waals surface area contributed by atoms with E-state index in [0.717, 1.165) is 5.56 Å². The largest absolute Gasteiger partial charge is 0.366 e. The molecule has 1 aromatic rings. The van der Waals surface area contributed by atoms with Crippen molar-refractivity contribution in [3.8, 4) is 0 Å². The van der Waals surface area contributed by atoms with Gasteiger partial charge < -0.3 is 15.0 Å². The van der Waals surface area contributed by atoms with Crippen molar-refractivity contribution in [2.45, 2.75) is 13.0 Å². The van der Waals surface area contributed by atoms with Crippen molar-refractivity contribution in [1.82, 2.24) is 9.80 Å². The standard InChI is InChI=1S/C16H22ClN3O3/c1-11-4-5-14(13(17)6-11)18-15(21)9-20-7-12(8-20)23-10-16(22)19(2)3/h4-6,12H,7-10H2,1-3H3,(H,18,21). The Morgan fingerprint density at radius 1 is 1.39 bits per heavy atom. The number of likely N-dealkylation sites (tertiary alicyclic amines) is 1. The number of likely N-dealkylation sites (N-methyl/N-ethyl adjacent to an activating group) is 1. The molecule has 7 heteroatoms. The summed E-state index contributed by atoms with van der Waals surface area (Å²) in [5.74, 6) is -0.172. The number of hydrogen-bond acceptors (Lipinski definition) is 4. The van der Waals surface area contributed by atoms with E-state index < -0.39 is 0 Å². The molecular weight excluding hydrogens is 318 g/mol. The van der Waals surface area contributed by atoms with Crippen LogP contribution in [0, 0.1) is 6.92 Å². The van der Waals surface area contributed by atoms with Gasteiger partial charge in [-0.25, -0.2) is 0 Å². The minimum atomic E-state index is -0.112. The minimum Gasteiger partial charge on any atom is -0.366 e. The maximum Gasteiger partial charge on any atom is 0.248 e. The first-order valence-corrected chi connectivity index (χ1v) is 7.83. The molecule has 1 N–H and O–H groups in total. The summed E-state index contributed by atoms with van der Waals surface area (Å²) in [6.45, 7) is 3.60. The van der Waals surface area contributed by atoms with E-state index in [1.165, 1.54) is 4.90 Å². The van der Waals surface area contributed by atoms with Gasteiger partial charge in [-0.15, -0.1) is 0 Å². The summed E-state index contributed by atoms with van der Waals surface area (Å²) >= 11 is 6.09. The van der Waals surface area contributed by atoms with Crippen LogP contribution in [0.3, 0.4) is 0 Å². The molecule has 126 valence electrons. The summed E-state index contributed by atoms with van der Waals surface area (Å²) in [7, 11) is 3.39. The van der Waals surface area contributed by atoms with E-state index in [1.54, 1.807) is 20.2 Å². The highest BCUT2D eigenvalue weighted by Gasteiger charge is 2.29. The van der Waals surface area contributed by atoms with Gasteiger partial charge in [-0.1, -0.05) is 17.7 Å². The van der Waals surface area contributed by atoms with Gasteiger partial charge in [0, 0.05) is 27.2 Å². The smallest absolute Gasteiger partial charge is 0.248 e. The van der Waals surface area contributed by atoms with Crippen molar-refractivity contribution in [2.24, 2.45) is 0 Å². The van der Waals surface area contributed by atoms with Gasteiger partial charge in [-0.2, -0.15) is 0 Å². The van der Waals surface area contributed by atoms with Gasteiger partial charge in [0.15, 0.2) is 0 Å². The van der Waals surface area contributed by atoms with Gasteiger partial charge in [0.25, 0.3) is 0 Å². The molecular formula is C16H22ClN3O3. The molecule has 2 rings (SSSR count). The van der Waals surface area contributed by atoms with Crippen molar-refractivity contribution in [3.63, 3.8) is 0 Å². The summed E-state index contributed by atoms with van der Waals surface area (Å²) in [4.78, 5) is 26.9. The lowest BCUT2D eigenvalue weighted by atomic mass is 10.1. The molecule has 0 saturated carbocycles. The molecule has 0 spiro atoms. The molecule has 1 aromatic carbocycles. The van der Waals surface area contributed by atoms with Crippen LogP contribution in [0.15, 0.2) is 18.2 Å². The van der Waals surface area contributed by atoms with Crippen LogP contribution >= 0.6 is 11.6 Å². The average Bonchev–Trinajstić information content (AvgIpc) is 2.43. The number of aryl methyl sites for hydroxylation is 1. The molecule has 1 heterocycles. The minimum absolute atomic E-state index is 0.00895. The van der Waals surface area contributed by atoms with E-state index in [1.807, 2.05) is 24.0 Å². The fourth-order valence-corrected chi connectivity index (χ4v) is 2.47.